The Morgan fingerprint density at radius 2 is 2.04 bits per heavy atom. The minimum absolute atomic E-state index is 0.0628. The molecule has 23 heavy (non-hydrogen) atoms. The van der Waals surface area contributed by atoms with Gasteiger partial charge in [0.1, 0.15) is 0 Å². The van der Waals surface area contributed by atoms with E-state index in [2.05, 4.69) is 13.8 Å². The van der Waals surface area contributed by atoms with Crippen molar-refractivity contribution in [3.05, 3.63) is 22.7 Å². The summed E-state index contributed by atoms with van der Waals surface area (Å²) in [5, 5.41) is 9.21. The minimum atomic E-state index is -0.101. The monoisotopic (exact) mass is 336 g/mol. The van der Waals surface area contributed by atoms with Gasteiger partial charge in [0.05, 0.1) is 23.8 Å². The summed E-state index contributed by atoms with van der Waals surface area (Å²) in [5.74, 6) is 0.576. The first kappa shape index (κ1) is 17.4. The van der Waals surface area contributed by atoms with Crippen molar-refractivity contribution in [2.45, 2.75) is 45.2 Å². The van der Waals surface area contributed by atoms with Crippen molar-refractivity contribution < 1.29 is 14.3 Å². The van der Waals surface area contributed by atoms with Gasteiger partial charge in [-0.15, -0.1) is 0 Å². The molecule has 0 saturated carbocycles. The van der Waals surface area contributed by atoms with Gasteiger partial charge >= 0.3 is 0 Å². The second-order valence-corrected chi connectivity index (χ2v) is 6.23. The lowest BCUT2D eigenvalue weighted by Crippen LogP contribution is -2.49. The second-order valence-electron chi connectivity index (χ2n) is 5.82. The molecule has 1 aliphatic heterocycles. The van der Waals surface area contributed by atoms with Gasteiger partial charge in [-0.3, -0.25) is 4.79 Å². The molecule has 0 bridgehead atoms. The fourth-order valence-corrected chi connectivity index (χ4v) is 3.31. The largest absolute Gasteiger partial charge is 0.493 e. The van der Waals surface area contributed by atoms with E-state index in [1.54, 1.807) is 0 Å². The molecule has 0 aromatic heterocycles. The van der Waals surface area contributed by atoms with Gasteiger partial charge in [-0.2, -0.15) is 5.26 Å². The number of rotatable bonds is 4. The van der Waals surface area contributed by atoms with Gasteiger partial charge in [-0.05, 0) is 39.2 Å². The van der Waals surface area contributed by atoms with Crippen LogP contribution in [0.3, 0.4) is 0 Å². The first-order chi connectivity index (χ1) is 11.0. The fraction of sp³-hybridized carbons (Fsp3) is 0.529. The number of likely N-dealkylation sites (tertiary alicyclic amines) is 1. The van der Waals surface area contributed by atoms with Crippen molar-refractivity contribution in [1.29, 1.82) is 5.26 Å². The number of carbonyl (C=O) groups excluding carboxylic acids is 1. The van der Waals surface area contributed by atoms with Crippen LogP contribution in [-0.2, 0) is 4.79 Å². The third-order valence-electron chi connectivity index (χ3n) is 4.18. The molecule has 0 unspecified atom stereocenters. The number of piperidine rings is 1. The number of hydrogen-bond donors (Lipinski definition) is 0. The summed E-state index contributed by atoms with van der Waals surface area (Å²) in [6.07, 6.45) is 3.16. The summed E-state index contributed by atoms with van der Waals surface area (Å²) >= 11 is 6.14. The van der Waals surface area contributed by atoms with Crippen molar-refractivity contribution in [3.8, 4) is 17.6 Å². The molecule has 1 aromatic carbocycles. The molecule has 124 valence electrons. The number of ether oxygens (including phenoxy) is 2. The van der Waals surface area contributed by atoms with Crippen LogP contribution in [-0.4, -0.2) is 36.6 Å². The molecule has 2 atom stereocenters. The molecular formula is C17H21ClN2O3. The average molecular weight is 337 g/mol. The van der Waals surface area contributed by atoms with E-state index >= 15 is 0 Å². The molecular weight excluding hydrogens is 316 g/mol. The number of amides is 1. The van der Waals surface area contributed by atoms with Gasteiger partial charge in [-0.25, -0.2) is 0 Å². The van der Waals surface area contributed by atoms with Crippen LogP contribution in [0.25, 0.3) is 0 Å². The van der Waals surface area contributed by atoms with E-state index in [0.717, 1.165) is 19.3 Å². The summed E-state index contributed by atoms with van der Waals surface area (Å²) in [7, 11) is 1.47. The highest BCUT2D eigenvalue weighted by molar-refractivity contribution is 6.32. The Morgan fingerprint density at radius 3 is 2.61 bits per heavy atom. The lowest BCUT2D eigenvalue weighted by atomic mass is 9.97. The number of hydrogen-bond acceptors (Lipinski definition) is 4. The van der Waals surface area contributed by atoms with Crippen LogP contribution >= 0.6 is 11.6 Å². The standard InChI is InChI=1S/C17H21ClN2O3/c1-11-5-4-6-12(2)20(11)16(21)10-23-17-14(18)7-13(9-19)8-15(17)22-3/h7-8,11-12H,4-6,10H2,1-3H3/t11-,12-/m1/s1. The Morgan fingerprint density at radius 1 is 1.39 bits per heavy atom. The summed E-state index contributed by atoms with van der Waals surface area (Å²) in [5.41, 5.74) is 0.379. The maximum absolute atomic E-state index is 12.5. The predicted molar refractivity (Wildman–Crippen MR) is 87.8 cm³/mol. The SMILES string of the molecule is COc1cc(C#N)cc(Cl)c1OCC(=O)N1[C@H](C)CCC[C@H]1C. The van der Waals surface area contributed by atoms with Gasteiger partial charge in [-0.1, -0.05) is 11.6 Å². The molecule has 1 aromatic rings. The van der Waals surface area contributed by atoms with Crippen LogP contribution in [0.4, 0.5) is 0 Å². The summed E-state index contributed by atoms with van der Waals surface area (Å²) in [6.45, 7) is 4.02. The number of nitriles is 1. The van der Waals surface area contributed by atoms with E-state index in [9.17, 15) is 4.79 Å². The molecule has 0 radical (unpaired) electrons. The van der Waals surface area contributed by atoms with E-state index in [1.165, 1.54) is 19.2 Å². The van der Waals surface area contributed by atoms with E-state index in [0.29, 0.717) is 17.1 Å². The Kier molecular flexibility index (Phi) is 5.73. The Balaban J connectivity index is 2.11. The van der Waals surface area contributed by atoms with Crippen molar-refractivity contribution >= 4 is 17.5 Å². The van der Waals surface area contributed by atoms with Crippen molar-refractivity contribution in [3.63, 3.8) is 0 Å². The Bertz CT molecular complexity index is 617. The third kappa shape index (κ3) is 3.89. The van der Waals surface area contributed by atoms with Crippen molar-refractivity contribution in [1.82, 2.24) is 4.90 Å². The van der Waals surface area contributed by atoms with Crippen LogP contribution in [0.5, 0.6) is 11.5 Å². The predicted octanol–water partition coefficient (Wildman–Crippen LogP) is 3.39. The lowest BCUT2D eigenvalue weighted by molar-refractivity contribution is -0.139. The molecule has 0 aliphatic carbocycles. The van der Waals surface area contributed by atoms with Gasteiger partial charge in [0.25, 0.3) is 5.91 Å². The van der Waals surface area contributed by atoms with Gasteiger partial charge in [0.15, 0.2) is 18.1 Å². The molecule has 1 saturated heterocycles. The van der Waals surface area contributed by atoms with Gasteiger partial charge < -0.3 is 14.4 Å². The minimum Gasteiger partial charge on any atom is -0.493 e. The molecule has 1 fully saturated rings. The fourth-order valence-electron chi connectivity index (χ4n) is 3.05. The molecule has 5 nitrogen and oxygen atoms in total. The number of halogens is 1. The number of methoxy groups -OCH3 is 1. The van der Waals surface area contributed by atoms with Crippen LogP contribution in [0.2, 0.25) is 5.02 Å². The summed E-state index contributed by atoms with van der Waals surface area (Å²) < 4.78 is 10.8. The first-order valence-corrected chi connectivity index (χ1v) is 8.07. The number of benzene rings is 1. The molecule has 1 heterocycles. The first-order valence-electron chi connectivity index (χ1n) is 7.69. The summed E-state index contributed by atoms with van der Waals surface area (Å²) in [4.78, 5) is 14.4. The molecule has 0 spiro atoms. The van der Waals surface area contributed by atoms with Gasteiger partial charge in [0.2, 0.25) is 0 Å². The zero-order valence-corrected chi connectivity index (χ0v) is 14.4. The van der Waals surface area contributed by atoms with Crippen molar-refractivity contribution in [2.75, 3.05) is 13.7 Å². The molecule has 6 heteroatoms. The number of nitrogens with zero attached hydrogens (tertiary/aromatic N) is 2. The Hall–Kier alpha value is -1.93. The van der Waals surface area contributed by atoms with E-state index in [4.69, 9.17) is 26.3 Å². The second kappa shape index (κ2) is 7.56. The maximum atomic E-state index is 12.5. The molecule has 2 rings (SSSR count). The normalized spacial score (nSPS) is 20.7. The quantitative estimate of drug-likeness (QED) is 0.845. The van der Waals surface area contributed by atoms with Gasteiger partial charge in [0, 0.05) is 18.2 Å². The third-order valence-corrected chi connectivity index (χ3v) is 4.46. The Labute approximate surface area is 141 Å². The maximum Gasteiger partial charge on any atom is 0.260 e. The molecule has 0 N–H and O–H groups in total. The molecule has 1 amide bonds. The van der Waals surface area contributed by atoms with Crippen LogP contribution < -0.4 is 9.47 Å². The smallest absolute Gasteiger partial charge is 0.260 e. The number of carbonyl (C=O) groups is 1. The average Bonchev–Trinajstić information content (AvgIpc) is 2.52. The highest BCUT2D eigenvalue weighted by Crippen LogP contribution is 2.36. The zero-order valence-electron chi connectivity index (χ0n) is 13.6. The van der Waals surface area contributed by atoms with Crippen LogP contribution in [0.15, 0.2) is 12.1 Å². The zero-order chi connectivity index (χ0) is 17.0. The summed E-state index contributed by atoms with van der Waals surface area (Å²) in [6, 6.07) is 5.47. The highest BCUT2D eigenvalue weighted by Gasteiger charge is 2.29. The van der Waals surface area contributed by atoms with E-state index < -0.39 is 0 Å². The highest BCUT2D eigenvalue weighted by atomic mass is 35.5. The lowest BCUT2D eigenvalue weighted by Gasteiger charge is -2.39. The van der Waals surface area contributed by atoms with Crippen LogP contribution in [0.1, 0.15) is 38.7 Å². The molecule has 1 aliphatic rings. The van der Waals surface area contributed by atoms with Crippen molar-refractivity contribution in [2.24, 2.45) is 0 Å². The van der Waals surface area contributed by atoms with E-state index in [1.807, 2.05) is 11.0 Å². The topological polar surface area (TPSA) is 62.6 Å². The van der Waals surface area contributed by atoms with E-state index in [-0.39, 0.29) is 29.6 Å². The van der Waals surface area contributed by atoms with Crippen LogP contribution in [0, 0.1) is 11.3 Å².